The first-order valence-corrected chi connectivity index (χ1v) is 10.1. The van der Waals surface area contributed by atoms with Crippen molar-refractivity contribution in [3.63, 3.8) is 0 Å². The average molecular weight is 392 g/mol. The summed E-state index contributed by atoms with van der Waals surface area (Å²) in [4.78, 5) is 22.3. The molecule has 3 fully saturated rings. The second-order valence-electron chi connectivity index (χ2n) is 8.58. The van der Waals surface area contributed by atoms with Crippen LogP contribution in [-0.2, 0) is 14.9 Å². The fourth-order valence-corrected chi connectivity index (χ4v) is 5.60. The third-order valence-electron chi connectivity index (χ3n) is 7.23. The molecule has 0 aromatic carbocycles. The molecule has 0 radical (unpaired) electrons. The first-order valence-electron chi connectivity index (χ1n) is 10.1. The van der Waals surface area contributed by atoms with E-state index >= 15 is 0 Å². The molecule has 2 heterocycles. The van der Waals surface area contributed by atoms with E-state index in [1.54, 1.807) is 4.90 Å². The van der Waals surface area contributed by atoms with E-state index in [-0.39, 0.29) is 35.7 Å². The second-order valence-corrected chi connectivity index (χ2v) is 8.58. The minimum absolute atomic E-state index is 0.0378. The van der Waals surface area contributed by atoms with Crippen LogP contribution in [0, 0.1) is 17.7 Å². The van der Waals surface area contributed by atoms with Crippen LogP contribution in [0.2, 0.25) is 0 Å². The van der Waals surface area contributed by atoms with Gasteiger partial charge in [0.1, 0.15) is 5.82 Å². The molecular formula is C20H29FN4O3. The Morgan fingerprint density at radius 3 is 2.71 bits per heavy atom. The Kier molecular flexibility index (Phi) is 5.03. The van der Waals surface area contributed by atoms with Gasteiger partial charge in [0, 0.05) is 17.5 Å². The summed E-state index contributed by atoms with van der Waals surface area (Å²) in [6.45, 7) is 4.63. The zero-order chi connectivity index (χ0) is 20.1. The summed E-state index contributed by atoms with van der Waals surface area (Å²) in [5, 5.41) is 0. The zero-order valence-corrected chi connectivity index (χ0v) is 16.7. The number of hydrogen-bond acceptors (Lipinski definition) is 6. The van der Waals surface area contributed by atoms with Crippen LogP contribution < -0.4 is 5.73 Å². The van der Waals surface area contributed by atoms with Gasteiger partial charge in [0.25, 0.3) is 0 Å². The minimum atomic E-state index is -0.403. The lowest BCUT2D eigenvalue weighted by atomic mass is 9.85. The molecule has 2 saturated carbocycles. The fraction of sp³-hybridized carbons (Fsp3) is 0.750. The first kappa shape index (κ1) is 19.5. The van der Waals surface area contributed by atoms with Crippen LogP contribution in [0.5, 0.6) is 0 Å². The molecule has 1 saturated heterocycles. The molecule has 4 rings (SSSR count). The standard InChI is InChI=1S/C20H29FN4O3/c1-11-6-16(22)17(25(11)19(26)27-3)10-28-14-4-5-20(12(2)15(20)7-14)18-23-8-13(21)9-24-18/h8-9,11-12,14-17H,4-7,10,22H2,1-3H3/t11-,12?,14-,15?,16+,17+,20+/m1/s1. The molecule has 2 N–H and O–H groups in total. The van der Waals surface area contributed by atoms with Crippen molar-refractivity contribution in [2.24, 2.45) is 17.6 Å². The number of carbonyl (C=O) groups excluding carboxylic acids is 1. The topological polar surface area (TPSA) is 90.6 Å². The van der Waals surface area contributed by atoms with Crippen LogP contribution in [0.25, 0.3) is 0 Å². The Morgan fingerprint density at radius 1 is 1.36 bits per heavy atom. The summed E-state index contributed by atoms with van der Waals surface area (Å²) in [5.74, 6) is 1.27. The number of rotatable bonds is 4. The molecule has 3 aliphatic rings. The van der Waals surface area contributed by atoms with Gasteiger partial charge in [-0.25, -0.2) is 19.2 Å². The predicted molar refractivity (Wildman–Crippen MR) is 100.0 cm³/mol. The van der Waals surface area contributed by atoms with Crippen molar-refractivity contribution in [2.75, 3.05) is 13.7 Å². The van der Waals surface area contributed by atoms with Crippen LogP contribution in [0.3, 0.4) is 0 Å². The van der Waals surface area contributed by atoms with Crippen LogP contribution in [-0.4, -0.2) is 58.9 Å². The smallest absolute Gasteiger partial charge is 0.410 e. The van der Waals surface area contributed by atoms with Gasteiger partial charge in [0.05, 0.1) is 38.3 Å². The van der Waals surface area contributed by atoms with Gasteiger partial charge in [-0.1, -0.05) is 6.92 Å². The van der Waals surface area contributed by atoms with E-state index in [9.17, 15) is 9.18 Å². The van der Waals surface area contributed by atoms with Gasteiger partial charge in [-0.3, -0.25) is 4.90 Å². The Labute approximate surface area is 164 Å². The van der Waals surface area contributed by atoms with Gasteiger partial charge in [-0.15, -0.1) is 0 Å². The second kappa shape index (κ2) is 7.22. The zero-order valence-electron chi connectivity index (χ0n) is 16.7. The first-order chi connectivity index (χ1) is 13.4. The Balaban J connectivity index is 1.37. The van der Waals surface area contributed by atoms with E-state index in [0.29, 0.717) is 18.4 Å². The third-order valence-corrected chi connectivity index (χ3v) is 7.23. The maximum atomic E-state index is 13.2. The van der Waals surface area contributed by atoms with Crippen molar-refractivity contribution in [3.8, 4) is 0 Å². The van der Waals surface area contributed by atoms with E-state index in [0.717, 1.165) is 31.5 Å². The molecule has 1 amide bonds. The number of fused-ring (bicyclic) bond motifs is 1. The van der Waals surface area contributed by atoms with Crippen molar-refractivity contribution in [1.82, 2.24) is 14.9 Å². The molecule has 1 aromatic rings. The molecule has 154 valence electrons. The van der Waals surface area contributed by atoms with E-state index in [2.05, 4.69) is 16.9 Å². The van der Waals surface area contributed by atoms with Gasteiger partial charge in [0.2, 0.25) is 0 Å². The molecule has 0 spiro atoms. The summed E-state index contributed by atoms with van der Waals surface area (Å²) in [7, 11) is 1.39. The maximum absolute atomic E-state index is 13.2. The Bertz CT molecular complexity index is 733. The van der Waals surface area contributed by atoms with Crippen molar-refractivity contribution < 1.29 is 18.7 Å². The number of nitrogens with two attached hydrogens (primary N) is 1. The molecule has 1 aromatic heterocycles. The highest BCUT2D eigenvalue weighted by atomic mass is 19.1. The highest BCUT2D eigenvalue weighted by molar-refractivity contribution is 5.69. The van der Waals surface area contributed by atoms with Crippen molar-refractivity contribution in [2.45, 2.75) is 69.2 Å². The molecular weight excluding hydrogens is 363 g/mol. The Hall–Kier alpha value is -1.80. The van der Waals surface area contributed by atoms with E-state index in [4.69, 9.17) is 15.2 Å². The Morgan fingerprint density at radius 2 is 2.07 bits per heavy atom. The van der Waals surface area contributed by atoms with Gasteiger partial charge in [0.15, 0.2) is 5.82 Å². The quantitative estimate of drug-likeness (QED) is 0.845. The highest BCUT2D eigenvalue weighted by Gasteiger charge is 2.66. The number of aromatic nitrogens is 2. The third kappa shape index (κ3) is 3.06. The number of amides is 1. The summed E-state index contributed by atoms with van der Waals surface area (Å²) in [5.41, 5.74) is 6.22. The van der Waals surface area contributed by atoms with Gasteiger partial charge in [-0.05, 0) is 44.4 Å². The van der Waals surface area contributed by atoms with Crippen molar-refractivity contribution in [3.05, 3.63) is 24.0 Å². The molecule has 7 nitrogen and oxygen atoms in total. The van der Waals surface area contributed by atoms with E-state index in [1.807, 2.05) is 6.92 Å². The van der Waals surface area contributed by atoms with Gasteiger partial charge >= 0.3 is 6.09 Å². The van der Waals surface area contributed by atoms with Crippen LogP contribution in [0.4, 0.5) is 9.18 Å². The van der Waals surface area contributed by atoms with E-state index in [1.165, 1.54) is 19.5 Å². The van der Waals surface area contributed by atoms with Gasteiger partial charge in [-0.2, -0.15) is 0 Å². The lowest BCUT2D eigenvalue weighted by Crippen LogP contribution is -2.48. The largest absolute Gasteiger partial charge is 0.453 e. The number of methoxy groups -OCH3 is 1. The lowest BCUT2D eigenvalue weighted by Gasteiger charge is -2.32. The number of nitrogens with zero attached hydrogens (tertiary/aromatic N) is 3. The van der Waals surface area contributed by atoms with Crippen molar-refractivity contribution in [1.29, 1.82) is 0 Å². The summed E-state index contributed by atoms with van der Waals surface area (Å²) >= 11 is 0. The molecule has 8 heteroatoms. The number of halogens is 1. The number of likely N-dealkylation sites (tertiary alicyclic amines) is 1. The summed E-state index contributed by atoms with van der Waals surface area (Å²) < 4.78 is 24.3. The molecule has 2 unspecified atom stereocenters. The monoisotopic (exact) mass is 392 g/mol. The summed E-state index contributed by atoms with van der Waals surface area (Å²) in [6, 6.07) is -0.218. The molecule has 2 aliphatic carbocycles. The van der Waals surface area contributed by atoms with Crippen LogP contribution >= 0.6 is 0 Å². The normalized spacial score (nSPS) is 39.5. The maximum Gasteiger partial charge on any atom is 0.410 e. The number of hydrogen-bond donors (Lipinski definition) is 1. The van der Waals surface area contributed by atoms with Gasteiger partial charge < -0.3 is 15.2 Å². The van der Waals surface area contributed by atoms with E-state index < -0.39 is 5.82 Å². The fourth-order valence-electron chi connectivity index (χ4n) is 5.60. The molecule has 7 atom stereocenters. The van der Waals surface area contributed by atoms with Crippen LogP contribution in [0.15, 0.2) is 12.4 Å². The lowest BCUT2D eigenvalue weighted by molar-refractivity contribution is -0.00963. The number of ether oxygens (including phenoxy) is 2. The molecule has 0 bridgehead atoms. The number of carbonyl (C=O) groups is 1. The van der Waals surface area contributed by atoms with Crippen LogP contribution in [0.1, 0.15) is 45.4 Å². The SMILES string of the molecule is COC(=O)N1[C@H](C)C[C@H](N)[C@@H]1CO[C@@H]1CC[C@]2(c3ncc(F)cn3)C(C)C2C1. The molecule has 28 heavy (non-hydrogen) atoms. The highest BCUT2D eigenvalue weighted by Crippen LogP contribution is 2.66. The van der Waals surface area contributed by atoms with Crippen molar-refractivity contribution >= 4 is 6.09 Å². The molecule has 1 aliphatic heterocycles. The summed E-state index contributed by atoms with van der Waals surface area (Å²) in [6.07, 6.45) is 5.81. The minimum Gasteiger partial charge on any atom is -0.453 e. The average Bonchev–Trinajstić information content (AvgIpc) is 3.17. The predicted octanol–water partition coefficient (Wildman–Crippen LogP) is 2.25.